The van der Waals surface area contributed by atoms with Crippen molar-refractivity contribution in [2.24, 2.45) is 5.41 Å². The van der Waals surface area contributed by atoms with Crippen molar-refractivity contribution in [1.82, 2.24) is 25.0 Å². The Labute approximate surface area is 122 Å². The second-order valence-electron chi connectivity index (χ2n) is 6.82. The highest BCUT2D eigenvalue weighted by molar-refractivity contribution is 4.95. The van der Waals surface area contributed by atoms with E-state index < -0.39 is 0 Å². The molecule has 0 aromatic carbocycles. The molecule has 114 valence electrons. The number of hydrogen-bond donors (Lipinski definition) is 1. The molecule has 1 aliphatic rings. The summed E-state index contributed by atoms with van der Waals surface area (Å²) in [7, 11) is 0. The second kappa shape index (κ2) is 6.22. The maximum atomic E-state index is 4.44. The van der Waals surface area contributed by atoms with Gasteiger partial charge < -0.3 is 5.32 Å². The molecule has 0 saturated carbocycles. The third-order valence-corrected chi connectivity index (χ3v) is 4.33. The highest BCUT2D eigenvalue weighted by Crippen LogP contribution is 2.27. The SMILES string of the molecule is CCC1CN(Cc2ncnn2CC)C(C(C)(C)C)CN1. The Morgan fingerprint density at radius 1 is 1.35 bits per heavy atom. The molecular weight excluding hydrogens is 250 g/mol. The lowest BCUT2D eigenvalue weighted by molar-refractivity contribution is 0.0454. The normalized spacial score (nSPS) is 25.1. The van der Waals surface area contributed by atoms with Gasteiger partial charge >= 0.3 is 0 Å². The first-order valence-corrected chi connectivity index (χ1v) is 7.79. The van der Waals surface area contributed by atoms with Crippen LogP contribution in [0.3, 0.4) is 0 Å². The van der Waals surface area contributed by atoms with Crippen LogP contribution in [-0.4, -0.2) is 44.8 Å². The summed E-state index contributed by atoms with van der Waals surface area (Å²) in [6.45, 7) is 15.3. The molecule has 1 saturated heterocycles. The minimum absolute atomic E-state index is 0.267. The molecule has 1 fully saturated rings. The molecule has 0 amide bonds. The van der Waals surface area contributed by atoms with Gasteiger partial charge in [0.05, 0.1) is 6.54 Å². The maximum absolute atomic E-state index is 4.44. The Morgan fingerprint density at radius 3 is 2.70 bits per heavy atom. The largest absolute Gasteiger partial charge is 0.311 e. The maximum Gasteiger partial charge on any atom is 0.141 e. The quantitative estimate of drug-likeness (QED) is 0.914. The summed E-state index contributed by atoms with van der Waals surface area (Å²) in [4.78, 5) is 7.02. The first-order chi connectivity index (χ1) is 9.45. The van der Waals surface area contributed by atoms with Crippen molar-refractivity contribution in [3.8, 4) is 0 Å². The van der Waals surface area contributed by atoms with Gasteiger partial charge in [-0.1, -0.05) is 27.7 Å². The summed E-state index contributed by atoms with van der Waals surface area (Å²) in [5, 5.41) is 7.97. The van der Waals surface area contributed by atoms with Gasteiger partial charge in [0.1, 0.15) is 12.2 Å². The van der Waals surface area contributed by atoms with E-state index in [0.717, 1.165) is 32.0 Å². The minimum atomic E-state index is 0.267. The zero-order valence-electron chi connectivity index (χ0n) is 13.6. The Balaban J connectivity index is 2.15. The van der Waals surface area contributed by atoms with Crippen molar-refractivity contribution in [3.05, 3.63) is 12.2 Å². The topological polar surface area (TPSA) is 46.0 Å². The second-order valence-corrected chi connectivity index (χ2v) is 6.82. The smallest absolute Gasteiger partial charge is 0.141 e. The van der Waals surface area contributed by atoms with Crippen molar-refractivity contribution in [2.75, 3.05) is 13.1 Å². The van der Waals surface area contributed by atoms with Crippen LogP contribution < -0.4 is 5.32 Å². The highest BCUT2D eigenvalue weighted by Gasteiger charge is 2.35. The lowest BCUT2D eigenvalue weighted by atomic mass is 9.83. The molecule has 2 atom stereocenters. The van der Waals surface area contributed by atoms with Crippen molar-refractivity contribution in [2.45, 2.75) is 66.2 Å². The van der Waals surface area contributed by atoms with E-state index in [0.29, 0.717) is 12.1 Å². The molecule has 1 aromatic heterocycles. The van der Waals surface area contributed by atoms with Gasteiger partial charge in [0.2, 0.25) is 0 Å². The fraction of sp³-hybridized carbons (Fsp3) is 0.867. The zero-order valence-corrected chi connectivity index (χ0v) is 13.6. The van der Waals surface area contributed by atoms with Crippen LogP contribution >= 0.6 is 0 Å². The summed E-state index contributed by atoms with van der Waals surface area (Å²) in [5.74, 6) is 1.08. The van der Waals surface area contributed by atoms with Gasteiger partial charge in [0.25, 0.3) is 0 Å². The number of nitrogens with one attached hydrogen (secondary N) is 1. The van der Waals surface area contributed by atoms with Crippen LogP contribution in [0.25, 0.3) is 0 Å². The van der Waals surface area contributed by atoms with E-state index in [9.17, 15) is 0 Å². The molecule has 0 radical (unpaired) electrons. The van der Waals surface area contributed by atoms with E-state index in [4.69, 9.17) is 0 Å². The summed E-state index contributed by atoms with van der Waals surface area (Å²) < 4.78 is 2.00. The number of hydrogen-bond acceptors (Lipinski definition) is 4. The van der Waals surface area contributed by atoms with Crippen LogP contribution in [0.2, 0.25) is 0 Å². The third kappa shape index (κ3) is 3.38. The monoisotopic (exact) mass is 279 g/mol. The standard InChI is InChI=1S/C15H29N5/c1-6-12-9-19(13(8-16-12)15(3,4)5)10-14-17-11-18-20(14)7-2/h11-13,16H,6-10H2,1-5H3. The van der Waals surface area contributed by atoms with Gasteiger partial charge in [-0.25, -0.2) is 9.67 Å². The summed E-state index contributed by atoms with van der Waals surface area (Å²) in [5.41, 5.74) is 0.267. The van der Waals surface area contributed by atoms with Gasteiger partial charge in [0.15, 0.2) is 0 Å². The van der Waals surface area contributed by atoms with Crippen LogP contribution in [0.1, 0.15) is 46.9 Å². The van der Waals surface area contributed by atoms with E-state index in [1.54, 1.807) is 6.33 Å². The molecule has 2 unspecified atom stereocenters. The summed E-state index contributed by atoms with van der Waals surface area (Å²) in [6.07, 6.45) is 2.85. The van der Waals surface area contributed by atoms with Crippen LogP contribution in [0.15, 0.2) is 6.33 Å². The van der Waals surface area contributed by atoms with Gasteiger partial charge in [-0.15, -0.1) is 0 Å². The van der Waals surface area contributed by atoms with Crippen LogP contribution in [0.4, 0.5) is 0 Å². The molecule has 1 N–H and O–H groups in total. The van der Waals surface area contributed by atoms with E-state index in [1.807, 2.05) is 4.68 Å². The average Bonchev–Trinajstić information content (AvgIpc) is 2.84. The highest BCUT2D eigenvalue weighted by atomic mass is 15.4. The van der Waals surface area contributed by atoms with E-state index in [-0.39, 0.29) is 5.41 Å². The lowest BCUT2D eigenvalue weighted by Gasteiger charge is -2.46. The van der Waals surface area contributed by atoms with Crippen LogP contribution in [0.5, 0.6) is 0 Å². The Hall–Kier alpha value is -0.940. The zero-order chi connectivity index (χ0) is 14.8. The Morgan fingerprint density at radius 2 is 2.10 bits per heavy atom. The van der Waals surface area contributed by atoms with Crippen LogP contribution in [-0.2, 0) is 13.1 Å². The molecule has 0 spiro atoms. The molecule has 1 aromatic rings. The van der Waals surface area contributed by atoms with Crippen molar-refractivity contribution < 1.29 is 0 Å². The number of nitrogens with zero attached hydrogens (tertiary/aromatic N) is 4. The number of aryl methyl sites for hydroxylation is 1. The molecule has 5 heteroatoms. The molecular formula is C15H29N5. The molecule has 0 aliphatic carbocycles. The van der Waals surface area contributed by atoms with Crippen molar-refractivity contribution in [3.63, 3.8) is 0 Å². The van der Waals surface area contributed by atoms with Gasteiger partial charge in [-0.05, 0) is 18.8 Å². The number of piperazine rings is 1. The first kappa shape index (κ1) is 15.4. The van der Waals surface area contributed by atoms with E-state index in [1.165, 1.54) is 6.42 Å². The predicted octanol–water partition coefficient (Wildman–Crippen LogP) is 1.90. The molecule has 1 aliphatic heterocycles. The van der Waals surface area contributed by atoms with Crippen LogP contribution in [0, 0.1) is 5.41 Å². The van der Waals surface area contributed by atoms with Crippen molar-refractivity contribution >= 4 is 0 Å². The number of aromatic nitrogens is 3. The van der Waals surface area contributed by atoms with Crippen molar-refractivity contribution in [1.29, 1.82) is 0 Å². The Bertz CT molecular complexity index is 420. The molecule has 0 bridgehead atoms. The molecule has 5 nitrogen and oxygen atoms in total. The van der Waals surface area contributed by atoms with E-state index in [2.05, 4.69) is 54.9 Å². The van der Waals surface area contributed by atoms with E-state index >= 15 is 0 Å². The minimum Gasteiger partial charge on any atom is -0.311 e. The van der Waals surface area contributed by atoms with Gasteiger partial charge in [-0.2, -0.15) is 5.10 Å². The first-order valence-electron chi connectivity index (χ1n) is 7.79. The fourth-order valence-electron chi connectivity index (χ4n) is 3.04. The molecule has 2 rings (SSSR count). The average molecular weight is 279 g/mol. The predicted molar refractivity (Wildman–Crippen MR) is 81.4 cm³/mol. The number of rotatable bonds is 4. The fourth-order valence-corrected chi connectivity index (χ4v) is 3.04. The third-order valence-electron chi connectivity index (χ3n) is 4.33. The molecule has 2 heterocycles. The molecule has 20 heavy (non-hydrogen) atoms. The van der Waals surface area contributed by atoms with Gasteiger partial charge in [-0.3, -0.25) is 4.90 Å². The lowest BCUT2D eigenvalue weighted by Crippen LogP contribution is -2.60. The van der Waals surface area contributed by atoms with Gasteiger partial charge in [0, 0.05) is 31.7 Å². The summed E-state index contributed by atoms with van der Waals surface area (Å²) in [6, 6.07) is 1.12. The Kier molecular flexibility index (Phi) is 4.81. The summed E-state index contributed by atoms with van der Waals surface area (Å²) >= 11 is 0.